The monoisotopic (exact) mass is 263 g/mol. The molecule has 2 aromatic rings. The van der Waals surface area contributed by atoms with Crippen molar-refractivity contribution in [2.75, 3.05) is 5.75 Å². The van der Waals surface area contributed by atoms with E-state index < -0.39 is 0 Å². The van der Waals surface area contributed by atoms with Crippen molar-refractivity contribution in [3.63, 3.8) is 0 Å². The summed E-state index contributed by atoms with van der Waals surface area (Å²) in [6, 6.07) is 6.34. The molecule has 18 heavy (non-hydrogen) atoms. The third-order valence-corrected chi connectivity index (χ3v) is 4.23. The summed E-state index contributed by atoms with van der Waals surface area (Å²) >= 11 is 1.84. The van der Waals surface area contributed by atoms with Crippen molar-refractivity contribution in [3.05, 3.63) is 30.1 Å². The Balaban J connectivity index is 2.37. The van der Waals surface area contributed by atoms with E-state index in [4.69, 9.17) is 10.7 Å². The maximum atomic E-state index is 6.10. The van der Waals surface area contributed by atoms with E-state index in [9.17, 15) is 0 Å². The molecule has 0 aliphatic heterocycles. The summed E-state index contributed by atoms with van der Waals surface area (Å²) in [5.74, 6) is 1.11. The molecule has 0 amide bonds. The van der Waals surface area contributed by atoms with Gasteiger partial charge in [-0.2, -0.15) is 0 Å². The van der Waals surface area contributed by atoms with Crippen LogP contribution in [0.2, 0.25) is 0 Å². The summed E-state index contributed by atoms with van der Waals surface area (Å²) in [5.41, 5.74) is 8.39. The Morgan fingerprint density at radius 1 is 1.39 bits per heavy atom. The Bertz CT molecular complexity index is 507. The molecule has 0 spiro atoms. The SMILES string of the molecule is CCCSc1nc2ccccn2c1CC(N)CC. The van der Waals surface area contributed by atoms with Gasteiger partial charge in [-0.05, 0) is 30.7 Å². The van der Waals surface area contributed by atoms with Crippen LogP contribution in [-0.4, -0.2) is 21.2 Å². The number of nitrogens with zero attached hydrogens (tertiary/aromatic N) is 2. The molecule has 0 saturated heterocycles. The molecule has 2 rings (SSSR count). The fraction of sp³-hybridized carbons (Fsp3) is 0.500. The van der Waals surface area contributed by atoms with Crippen molar-refractivity contribution in [2.24, 2.45) is 5.73 Å². The van der Waals surface area contributed by atoms with Gasteiger partial charge >= 0.3 is 0 Å². The molecule has 0 aromatic carbocycles. The third-order valence-electron chi connectivity index (χ3n) is 3.01. The summed E-state index contributed by atoms with van der Waals surface area (Å²) in [6.45, 7) is 4.33. The Morgan fingerprint density at radius 3 is 2.94 bits per heavy atom. The van der Waals surface area contributed by atoms with E-state index in [1.54, 1.807) is 0 Å². The second-order valence-electron chi connectivity index (χ2n) is 4.51. The summed E-state index contributed by atoms with van der Waals surface area (Å²) in [6.07, 6.45) is 5.14. The number of pyridine rings is 1. The molecule has 2 N–H and O–H groups in total. The molecule has 1 atom stereocenters. The summed E-state index contributed by atoms with van der Waals surface area (Å²) < 4.78 is 2.17. The van der Waals surface area contributed by atoms with E-state index in [-0.39, 0.29) is 6.04 Å². The molecule has 0 aliphatic carbocycles. The van der Waals surface area contributed by atoms with Gasteiger partial charge in [0.25, 0.3) is 0 Å². The fourth-order valence-electron chi connectivity index (χ4n) is 1.92. The van der Waals surface area contributed by atoms with Crippen LogP contribution in [0, 0.1) is 0 Å². The highest BCUT2D eigenvalue weighted by Crippen LogP contribution is 2.25. The maximum Gasteiger partial charge on any atom is 0.138 e. The molecule has 1 unspecified atom stereocenters. The molecule has 4 heteroatoms. The third kappa shape index (κ3) is 2.87. The van der Waals surface area contributed by atoms with Crippen LogP contribution in [0.5, 0.6) is 0 Å². The topological polar surface area (TPSA) is 43.3 Å². The van der Waals surface area contributed by atoms with E-state index >= 15 is 0 Å². The molecule has 3 nitrogen and oxygen atoms in total. The van der Waals surface area contributed by atoms with Crippen molar-refractivity contribution in [1.29, 1.82) is 0 Å². The number of rotatable bonds is 6. The van der Waals surface area contributed by atoms with Gasteiger partial charge in [0.05, 0.1) is 5.69 Å². The quantitative estimate of drug-likeness (QED) is 0.814. The van der Waals surface area contributed by atoms with Gasteiger partial charge in [0.2, 0.25) is 0 Å². The van der Waals surface area contributed by atoms with Crippen molar-refractivity contribution >= 4 is 17.4 Å². The normalized spacial score (nSPS) is 13.1. The van der Waals surface area contributed by atoms with Gasteiger partial charge in [0.15, 0.2) is 0 Å². The molecular weight excluding hydrogens is 242 g/mol. The average molecular weight is 263 g/mol. The predicted octanol–water partition coefficient (Wildman–Crippen LogP) is 3.12. The number of hydrogen-bond donors (Lipinski definition) is 1. The van der Waals surface area contributed by atoms with Crippen molar-refractivity contribution in [3.8, 4) is 0 Å². The van der Waals surface area contributed by atoms with Crippen molar-refractivity contribution in [2.45, 2.75) is 44.2 Å². The van der Waals surface area contributed by atoms with Gasteiger partial charge in [-0.25, -0.2) is 4.98 Å². The van der Waals surface area contributed by atoms with Gasteiger partial charge in [-0.15, -0.1) is 11.8 Å². The zero-order valence-corrected chi connectivity index (χ0v) is 11.9. The minimum absolute atomic E-state index is 0.214. The van der Waals surface area contributed by atoms with Crippen LogP contribution in [0.1, 0.15) is 32.4 Å². The highest BCUT2D eigenvalue weighted by molar-refractivity contribution is 7.99. The molecule has 98 valence electrons. The van der Waals surface area contributed by atoms with Crippen molar-refractivity contribution in [1.82, 2.24) is 9.38 Å². The lowest BCUT2D eigenvalue weighted by molar-refractivity contribution is 0.627. The number of thioether (sulfide) groups is 1. The Hall–Kier alpha value is -1.00. The van der Waals surface area contributed by atoms with Crippen molar-refractivity contribution < 1.29 is 0 Å². The van der Waals surface area contributed by atoms with Gasteiger partial charge in [-0.3, -0.25) is 0 Å². The van der Waals surface area contributed by atoms with Crippen LogP contribution < -0.4 is 5.73 Å². The smallest absolute Gasteiger partial charge is 0.138 e. The summed E-state index contributed by atoms with van der Waals surface area (Å²) in [7, 11) is 0. The number of imidazole rings is 1. The van der Waals surface area contributed by atoms with E-state index in [0.29, 0.717) is 0 Å². The van der Waals surface area contributed by atoms with Crippen LogP contribution in [0.4, 0.5) is 0 Å². The van der Waals surface area contributed by atoms with Gasteiger partial charge in [-0.1, -0.05) is 19.9 Å². The largest absolute Gasteiger partial charge is 0.327 e. The zero-order valence-electron chi connectivity index (χ0n) is 11.1. The number of aromatic nitrogens is 2. The van der Waals surface area contributed by atoms with Crippen LogP contribution in [-0.2, 0) is 6.42 Å². The van der Waals surface area contributed by atoms with Gasteiger partial charge in [0.1, 0.15) is 10.7 Å². The van der Waals surface area contributed by atoms with E-state index in [1.807, 2.05) is 23.9 Å². The Morgan fingerprint density at radius 2 is 2.22 bits per heavy atom. The first-order chi connectivity index (χ1) is 8.76. The molecule has 0 radical (unpaired) electrons. The molecular formula is C14H21N3S. The first kappa shape index (κ1) is 13.4. The number of fused-ring (bicyclic) bond motifs is 1. The van der Waals surface area contributed by atoms with E-state index in [2.05, 4.69) is 30.5 Å². The molecule has 0 aliphatic rings. The van der Waals surface area contributed by atoms with E-state index in [1.165, 1.54) is 5.69 Å². The first-order valence-electron chi connectivity index (χ1n) is 6.60. The summed E-state index contributed by atoms with van der Waals surface area (Å²) in [4.78, 5) is 4.71. The summed E-state index contributed by atoms with van der Waals surface area (Å²) in [5, 5.41) is 1.15. The lowest BCUT2D eigenvalue weighted by Gasteiger charge is -2.10. The van der Waals surface area contributed by atoms with E-state index in [0.717, 1.165) is 35.7 Å². The highest BCUT2D eigenvalue weighted by atomic mass is 32.2. The molecule has 2 heterocycles. The minimum Gasteiger partial charge on any atom is -0.327 e. The van der Waals surface area contributed by atoms with Crippen LogP contribution in [0.15, 0.2) is 29.4 Å². The van der Waals surface area contributed by atoms with Crippen LogP contribution in [0.3, 0.4) is 0 Å². The standard InChI is InChI=1S/C14H21N3S/c1-3-9-18-14-12(10-11(15)4-2)17-8-6-5-7-13(17)16-14/h5-8,11H,3-4,9-10,15H2,1-2H3. The number of nitrogens with two attached hydrogens (primary N) is 1. The van der Waals surface area contributed by atoms with Gasteiger partial charge in [0, 0.05) is 18.7 Å². The lowest BCUT2D eigenvalue weighted by Crippen LogP contribution is -2.22. The second kappa shape index (κ2) is 6.25. The second-order valence-corrected chi connectivity index (χ2v) is 5.60. The average Bonchev–Trinajstić information content (AvgIpc) is 2.74. The predicted molar refractivity (Wildman–Crippen MR) is 78.2 cm³/mol. The first-order valence-corrected chi connectivity index (χ1v) is 7.59. The molecule has 0 saturated carbocycles. The molecule has 0 fully saturated rings. The number of hydrogen-bond acceptors (Lipinski definition) is 3. The highest BCUT2D eigenvalue weighted by Gasteiger charge is 2.14. The van der Waals surface area contributed by atoms with Gasteiger partial charge < -0.3 is 10.1 Å². The zero-order chi connectivity index (χ0) is 13.0. The lowest BCUT2D eigenvalue weighted by atomic mass is 10.1. The fourth-order valence-corrected chi connectivity index (χ4v) is 2.82. The van der Waals surface area contributed by atoms with Crippen LogP contribution in [0.25, 0.3) is 5.65 Å². The Labute approximate surface area is 113 Å². The molecule has 2 aromatic heterocycles. The van der Waals surface area contributed by atoms with Crippen LogP contribution >= 0.6 is 11.8 Å². The minimum atomic E-state index is 0.214. The molecule has 0 bridgehead atoms. The Kier molecular flexibility index (Phi) is 4.66. The maximum absolute atomic E-state index is 6.10.